The lowest BCUT2D eigenvalue weighted by molar-refractivity contribution is -0.116. The highest BCUT2D eigenvalue weighted by Crippen LogP contribution is 2.34. The van der Waals surface area contributed by atoms with Gasteiger partial charge in [-0.25, -0.2) is 0 Å². The summed E-state index contributed by atoms with van der Waals surface area (Å²) in [6.07, 6.45) is 3.56. The van der Waals surface area contributed by atoms with Gasteiger partial charge in [-0.15, -0.1) is 10.2 Å². The van der Waals surface area contributed by atoms with E-state index >= 15 is 0 Å². The van der Waals surface area contributed by atoms with Crippen LogP contribution in [0.4, 0.5) is 10.8 Å². The van der Waals surface area contributed by atoms with E-state index in [-0.39, 0.29) is 17.8 Å². The van der Waals surface area contributed by atoms with E-state index in [1.165, 1.54) is 22.8 Å². The molecule has 0 radical (unpaired) electrons. The molecule has 1 aliphatic heterocycles. The zero-order valence-electron chi connectivity index (χ0n) is 15.2. The molecule has 7 nitrogen and oxygen atoms in total. The second-order valence-electron chi connectivity index (χ2n) is 6.56. The van der Waals surface area contributed by atoms with Gasteiger partial charge in [-0.05, 0) is 24.6 Å². The first-order valence-electron chi connectivity index (χ1n) is 8.53. The largest absolute Gasteiger partial charge is 0.329 e. The quantitative estimate of drug-likeness (QED) is 0.692. The summed E-state index contributed by atoms with van der Waals surface area (Å²) in [5.74, 6) is -0.0661. The first-order chi connectivity index (χ1) is 13.4. The van der Waals surface area contributed by atoms with Crippen molar-refractivity contribution >= 4 is 45.8 Å². The summed E-state index contributed by atoms with van der Waals surface area (Å²) in [5, 5.41) is 13.4. The lowest BCUT2D eigenvalue weighted by atomic mass is 10.1. The van der Waals surface area contributed by atoms with Crippen LogP contribution in [-0.4, -0.2) is 26.8 Å². The Balaban J connectivity index is 1.64. The number of hydrogen-bond acceptors (Lipinski definition) is 7. The van der Waals surface area contributed by atoms with Crippen molar-refractivity contribution in [2.75, 3.05) is 5.32 Å². The predicted molar refractivity (Wildman–Crippen MR) is 111 cm³/mol. The topological polar surface area (TPSA) is 89.2 Å². The van der Waals surface area contributed by atoms with E-state index in [0.717, 1.165) is 22.4 Å². The van der Waals surface area contributed by atoms with Crippen molar-refractivity contribution in [2.45, 2.75) is 19.9 Å². The van der Waals surface area contributed by atoms with Crippen molar-refractivity contribution in [2.24, 2.45) is 12.0 Å². The van der Waals surface area contributed by atoms with Gasteiger partial charge in [0.25, 0.3) is 5.56 Å². The Morgan fingerprint density at radius 3 is 2.96 bits per heavy atom. The zero-order chi connectivity index (χ0) is 19.8. The standard InChI is InChI=1S/C19H16ClN5O2S/c1-10(26)5-12-6-13(9-25(2)18(12)27)17-23-24-19(28-17)22-15-4-3-11-7-21-8-14(11)16(15)20/h3-4,6,8-9H,5,7H2,1-2H3,(H,22,24). The number of ketones is 1. The normalized spacial score (nSPS) is 12.2. The average molecular weight is 414 g/mol. The average Bonchev–Trinajstić information content (AvgIpc) is 3.30. The number of pyridine rings is 1. The number of aromatic nitrogens is 3. The number of hydrogen-bond donors (Lipinski definition) is 1. The number of benzene rings is 1. The maximum absolute atomic E-state index is 12.2. The number of rotatable bonds is 5. The summed E-state index contributed by atoms with van der Waals surface area (Å²) in [6, 6.07) is 5.58. The third kappa shape index (κ3) is 3.48. The lowest BCUT2D eigenvalue weighted by Gasteiger charge is -2.08. The fraction of sp³-hybridized carbons (Fsp3) is 0.211. The fourth-order valence-electron chi connectivity index (χ4n) is 3.04. The van der Waals surface area contributed by atoms with E-state index < -0.39 is 0 Å². The molecule has 4 rings (SSSR count). The summed E-state index contributed by atoms with van der Waals surface area (Å²) in [5.41, 5.74) is 3.73. The molecule has 0 amide bonds. The van der Waals surface area contributed by atoms with Gasteiger partial charge < -0.3 is 9.88 Å². The minimum Gasteiger partial charge on any atom is -0.329 e. The maximum Gasteiger partial charge on any atom is 0.253 e. The molecule has 9 heteroatoms. The Hall–Kier alpha value is -2.84. The molecule has 0 unspecified atom stereocenters. The second-order valence-corrected chi connectivity index (χ2v) is 7.91. The Morgan fingerprint density at radius 1 is 1.36 bits per heavy atom. The summed E-state index contributed by atoms with van der Waals surface area (Å²) < 4.78 is 1.46. The molecule has 3 aromatic rings. The van der Waals surface area contributed by atoms with Crippen LogP contribution in [0.1, 0.15) is 23.6 Å². The van der Waals surface area contributed by atoms with Gasteiger partial charge in [0.05, 0.1) is 17.3 Å². The summed E-state index contributed by atoms with van der Waals surface area (Å²) in [6.45, 7) is 2.11. The molecule has 0 atom stereocenters. The SMILES string of the molecule is CC(=O)Cc1cc(-c2nnc(Nc3ccc4c(c3Cl)C=NC4)s2)cn(C)c1=O. The molecule has 0 spiro atoms. The van der Waals surface area contributed by atoms with Crippen molar-refractivity contribution in [1.29, 1.82) is 0 Å². The van der Waals surface area contributed by atoms with E-state index in [1.807, 2.05) is 12.1 Å². The maximum atomic E-state index is 12.2. The van der Waals surface area contributed by atoms with Gasteiger partial charge in [0, 0.05) is 42.6 Å². The van der Waals surface area contributed by atoms with Gasteiger partial charge in [0.2, 0.25) is 5.13 Å². The highest BCUT2D eigenvalue weighted by molar-refractivity contribution is 7.18. The molecule has 0 saturated heterocycles. The first-order valence-corrected chi connectivity index (χ1v) is 9.73. The third-order valence-electron chi connectivity index (χ3n) is 4.36. The van der Waals surface area contributed by atoms with E-state index in [1.54, 1.807) is 25.5 Å². The first kappa shape index (κ1) is 18.5. The molecule has 1 aliphatic rings. The van der Waals surface area contributed by atoms with Gasteiger partial charge in [0.1, 0.15) is 5.78 Å². The van der Waals surface area contributed by atoms with Gasteiger partial charge in [0.15, 0.2) is 5.01 Å². The van der Waals surface area contributed by atoms with Crippen LogP contribution in [0.2, 0.25) is 5.02 Å². The molecule has 0 bridgehead atoms. The minimum atomic E-state index is -0.187. The summed E-state index contributed by atoms with van der Waals surface area (Å²) >= 11 is 7.81. The van der Waals surface area contributed by atoms with Crippen LogP contribution in [0.25, 0.3) is 10.6 Å². The smallest absolute Gasteiger partial charge is 0.253 e. The molecule has 1 aromatic carbocycles. The van der Waals surface area contributed by atoms with Crippen molar-refractivity contribution in [3.05, 3.63) is 56.5 Å². The van der Waals surface area contributed by atoms with Gasteiger partial charge in [-0.1, -0.05) is 29.0 Å². The van der Waals surface area contributed by atoms with Crippen molar-refractivity contribution in [3.63, 3.8) is 0 Å². The van der Waals surface area contributed by atoms with Gasteiger partial charge >= 0.3 is 0 Å². The zero-order valence-corrected chi connectivity index (χ0v) is 16.8. The monoisotopic (exact) mass is 413 g/mol. The molecule has 2 aromatic heterocycles. The van der Waals surface area contributed by atoms with E-state index in [2.05, 4.69) is 20.5 Å². The van der Waals surface area contributed by atoms with Crippen LogP contribution >= 0.6 is 22.9 Å². The summed E-state index contributed by atoms with van der Waals surface area (Å²) in [4.78, 5) is 27.9. The number of carbonyl (C=O) groups excluding carboxylic acids is 1. The number of halogens is 1. The van der Waals surface area contributed by atoms with Crippen LogP contribution in [0, 0.1) is 0 Å². The van der Waals surface area contributed by atoms with E-state index in [0.29, 0.717) is 27.3 Å². The van der Waals surface area contributed by atoms with E-state index in [9.17, 15) is 9.59 Å². The van der Waals surface area contributed by atoms with E-state index in [4.69, 9.17) is 11.6 Å². The fourth-order valence-corrected chi connectivity index (χ4v) is 4.06. The summed E-state index contributed by atoms with van der Waals surface area (Å²) in [7, 11) is 1.65. The Bertz CT molecular complexity index is 1180. The Kier molecular flexibility index (Phi) is 4.82. The van der Waals surface area contributed by atoms with Crippen molar-refractivity contribution in [3.8, 4) is 10.6 Å². The lowest BCUT2D eigenvalue weighted by Crippen LogP contribution is -2.22. The molecule has 142 valence electrons. The molecular weight excluding hydrogens is 398 g/mol. The highest BCUT2D eigenvalue weighted by atomic mass is 35.5. The molecular formula is C19H16ClN5O2S. The number of Topliss-reactive ketones (excluding diaryl/α,β-unsaturated/α-hetero) is 1. The number of anilines is 2. The molecule has 3 heterocycles. The van der Waals surface area contributed by atoms with Crippen LogP contribution < -0.4 is 10.9 Å². The van der Waals surface area contributed by atoms with Gasteiger partial charge in [-0.3, -0.25) is 14.6 Å². The number of carbonyl (C=O) groups is 1. The van der Waals surface area contributed by atoms with Crippen LogP contribution in [0.3, 0.4) is 0 Å². The molecule has 0 aliphatic carbocycles. The second kappa shape index (κ2) is 7.29. The number of fused-ring (bicyclic) bond motifs is 1. The molecule has 0 fully saturated rings. The van der Waals surface area contributed by atoms with Crippen LogP contribution in [0.15, 0.2) is 34.2 Å². The molecule has 28 heavy (non-hydrogen) atoms. The predicted octanol–water partition coefficient (Wildman–Crippen LogP) is 3.36. The Morgan fingerprint density at radius 2 is 2.18 bits per heavy atom. The third-order valence-corrected chi connectivity index (χ3v) is 5.66. The number of nitrogens with zero attached hydrogens (tertiary/aromatic N) is 4. The number of aryl methyl sites for hydroxylation is 1. The highest BCUT2D eigenvalue weighted by Gasteiger charge is 2.16. The van der Waals surface area contributed by atoms with Crippen LogP contribution in [-0.2, 0) is 24.8 Å². The van der Waals surface area contributed by atoms with Gasteiger partial charge in [-0.2, -0.15) is 0 Å². The number of nitrogens with one attached hydrogen (secondary N) is 1. The Labute approximate surface area is 169 Å². The molecule has 1 N–H and O–H groups in total. The van der Waals surface area contributed by atoms with Crippen molar-refractivity contribution in [1.82, 2.24) is 14.8 Å². The van der Waals surface area contributed by atoms with Crippen LogP contribution in [0.5, 0.6) is 0 Å². The van der Waals surface area contributed by atoms with Crippen molar-refractivity contribution < 1.29 is 4.79 Å². The number of aliphatic imine (C=N–C) groups is 1. The molecule has 0 saturated carbocycles. The minimum absolute atomic E-state index is 0.0661.